The van der Waals surface area contributed by atoms with Crippen LogP contribution in [0.4, 0.5) is 0 Å². The van der Waals surface area contributed by atoms with Gasteiger partial charge in [0.15, 0.2) is 0 Å². The molecular weight excluding hydrogens is 260 g/mol. The summed E-state index contributed by atoms with van der Waals surface area (Å²) in [5.41, 5.74) is 1.10. The van der Waals surface area contributed by atoms with Gasteiger partial charge in [0.25, 0.3) is 0 Å². The van der Waals surface area contributed by atoms with Gasteiger partial charge in [-0.3, -0.25) is 19.3 Å². The van der Waals surface area contributed by atoms with Crippen LogP contribution in [0.5, 0.6) is 0 Å². The van der Waals surface area contributed by atoms with E-state index in [-0.39, 0.29) is 12.5 Å². The summed E-state index contributed by atoms with van der Waals surface area (Å²) in [7, 11) is 0. The third-order valence-electron chi connectivity index (χ3n) is 2.94. The number of hydrogen-bond donors (Lipinski definition) is 1. The number of aliphatic carboxylic acids is 1. The van der Waals surface area contributed by atoms with E-state index in [9.17, 15) is 14.4 Å². The van der Waals surface area contributed by atoms with E-state index >= 15 is 0 Å². The Labute approximate surface area is 115 Å². The molecule has 0 fully saturated rings. The second-order valence-corrected chi connectivity index (χ2v) is 4.40. The summed E-state index contributed by atoms with van der Waals surface area (Å²) in [6.45, 7) is 0.795. The average Bonchev–Trinajstić information content (AvgIpc) is 2.41. The van der Waals surface area contributed by atoms with Crippen LogP contribution in [0.25, 0.3) is 5.70 Å². The van der Waals surface area contributed by atoms with Crippen molar-refractivity contribution in [3.05, 3.63) is 42.1 Å². The Morgan fingerprint density at radius 3 is 2.45 bits per heavy atom. The van der Waals surface area contributed by atoms with Gasteiger partial charge in [-0.2, -0.15) is 0 Å². The summed E-state index contributed by atoms with van der Waals surface area (Å²) in [6.07, 6.45) is 1.52. The van der Waals surface area contributed by atoms with E-state index in [1.807, 2.05) is 6.07 Å². The third-order valence-corrected chi connectivity index (χ3v) is 2.94. The first-order chi connectivity index (χ1) is 9.49. The molecule has 1 aliphatic rings. The molecule has 1 aromatic carbocycles. The summed E-state index contributed by atoms with van der Waals surface area (Å²) >= 11 is 0. The predicted octanol–water partition coefficient (Wildman–Crippen LogP) is 0.760. The fourth-order valence-electron chi connectivity index (χ4n) is 1.98. The zero-order valence-corrected chi connectivity index (χ0v) is 10.9. The van der Waals surface area contributed by atoms with E-state index < -0.39 is 18.4 Å². The molecule has 20 heavy (non-hydrogen) atoms. The number of amides is 2. The SMILES string of the molecule is CC(=O)N1C=C(c2ccccc2)N(CC(=O)O)C(=O)C1. The molecule has 0 atom stereocenters. The van der Waals surface area contributed by atoms with Crippen molar-refractivity contribution in [1.82, 2.24) is 9.80 Å². The number of benzene rings is 1. The van der Waals surface area contributed by atoms with Gasteiger partial charge in [0.2, 0.25) is 11.8 Å². The van der Waals surface area contributed by atoms with Crippen LogP contribution in [0.2, 0.25) is 0 Å². The normalized spacial score (nSPS) is 15.1. The molecule has 104 valence electrons. The highest BCUT2D eigenvalue weighted by Gasteiger charge is 2.29. The van der Waals surface area contributed by atoms with Crippen LogP contribution in [-0.2, 0) is 14.4 Å². The van der Waals surface area contributed by atoms with Crippen LogP contribution in [0.15, 0.2) is 36.5 Å². The van der Waals surface area contributed by atoms with Gasteiger partial charge in [-0.25, -0.2) is 0 Å². The minimum Gasteiger partial charge on any atom is -0.480 e. The number of carboxylic acid groups (broad SMARTS) is 1. The van der Waals surface area contributed by atoms with Gasteiger partial charge in [0.1, 0.15) is 13.1 Å². The Bertz CT molecular complexity index is 580. The molecule has 0 spiro atoms. The van der Waals surface area contributed by atoms with Crippen molar-refractivity contribution in [2.24, 2.45) is 0 Å². The fourth-order valence-corrected chi connectivity index (χ4v) is 1.98. The lowest BCUT2D eigenvalue weighted by molar-refractivity contribution is -0.143. The zero-order valence-electron chi connectivity index (χ0n) is 10.9. The summed E-state index contributed by atoms with van der Waals surface area (Å²) in [5.74, 6) is -1.78. The minimum atomic E-state index is -1.10. The van der Waals surface area contributed by atoms with Crippen LogP contribution in [-0.4, -0.2) is 45.8 Å². The van der Waals surface area contributed by atoms with Gasteiger partial charge in [-0.05, 0) is 5.56 Å². The monoisotopic (exact) mass is 274 g/mol. The molecule has 0 aliphatic carbocycles. The lowest BCUT2D eigenvalue weighted by Gasteiger charge is -2.32. The van der Waals surface area contributed by atoms with Crippen molar-refractivity contribution in [2.45, 2.75) is 6.92 Å². The van der Waals surface area contributed by atoms with E-state index in [2.05, 4.69) is 0 Å². The fraction of sp³-hybridized carbons (Fsp3) is 0.214. The van der Waals surface area contributed by atoms with E-state index in [1.54, 1.807) is 24.3 Å². The molecule has 6 nitrogen and oxygen atoms in total. The molecule has 0 aromatic heterocycles. The molecule has 6 heteroatoms. The first kappa shape index (κ1) is 13.8. The van der Waals surface area contributed by atoms with Crippen LogP contribution >= 0.6 is 0 Å². The van der Waals surface area contributed by atoms with Gasteiger partial charge in [0, 0.05) is 13.1 Å². The van der Waals surface area contributed by atoms with Gasteiger partial charge < -0.3 is 10.0 Å². The number of carboxylic acids is 1. The topological polar surface area (TPSA) is 77.9 Å². The van der Waals surface area contributed by atoms with Gasteiger partial charge in [0.05, 0.1) is 5.70 Å². The number of hydrogen-bond acceptors (Lipinski definition) is 3. The maximum Gasteiger partial charge on any atom is 0.323 e. The number of rotatable bonds is 3. The number of carbonyl (C=O) groups excluding carboxylic acids is 2. The molecule has 1 heterocycles. The highest BCUT2D eigenvalue weighted by molar-refractivity contribution is 5.96. The Kier molecular flexibility index (Phi) is 3.84. The van der Waals surface area contributed by atoms with E-state index in [1.165, 1.54) is 22.9 Å². The quantitative estimate of drug-likeness (QED) is 0.882. The Morgan fingerprint density at radius 2 is 1.90 bits per heavy atom. The average molecular weight is 274 g/mol. The first-order valence-electron chi connectivity index (χ1n) is 6.05. The Hall–Kier alpha value is -2.63. The third kappa shape index (κ3) is 2.85. The second-order valence-electron chi connectivity index (χ2n) is 4.40. The number of nitrogens with zero attached hydrogens (tertiary/aromatic N) is 2. The molecule has 2 rings (SSSR count). The zero-order chi connectivity index (χ0) is 14.7. The molecule has 1 N–H and O–H groups in total. The molecule has 1 aromatic rings. The molecule has 2 amide bonds. The largest absolute Gasteiger partial charge is 0.480 e. The van der Waals surface area contributed by atoms with Crippen LogP contribution < -0.4 is 0 Å². The van der Waals surface area contributed by atoms with Gasteiger partial charge in [-0.1, -0.05) is 30.3 Å². The highest BCUT2D eigenvalue weighted by Crippen LogP contribution is 2.23. The lowest BCUT2D eigenvalue weighted by Crippen LogP contribution is -2.45. The summed E-state index contributed by atoms with van der Waals surface area (Å²) < 4.78 is 0. The van der Waals surface area contributed by atoms with E-state index in [0.29, 0.717) is 11.3 Å². The van der Waals surface area contributed by atoms with Crippen molar-refractivity contribution in [3.8, 4) is 0 Å². The highest BCUT2D eigenvalue weighted by atomic mass is 16.4. The summed E-state index contributed by atoms with van der Waals surface area (Å²) in [5, 5.41) is 8.92. The summed E-state index contributed by atoms with van der Waals surface area (Å²) in [4.78, 5) is 36.9. The molecule has 0 saturated heterocycles. The van der Waals surface area contributed by atoms with Crippen molar-refractivity contribution in [3.63, 3.8) is 0 Å². The van der Waals surface area contributed by atoms with Crippen molar-refractivity contribution >= 4 is 23.5 Å². The van der Waals surface area contributed by atoms with Gasteiger partial charge >= 0.3 is 5.97 Å². The second kappa shape index (κ2) is 5.56. The first-order valence-corrected chi connectivity index (χ1v) is 6.05. The standard InChI is InChI=1S/C14H14N2O4/c1-10(17)15-7-12(11-5-3-2-4-6-11)16(9-14(19)20)13(18)8-15/h2-7H,8-9H2,1H3,(H,19,20). The maximum atomic E-state index is 12.1. The smallest absolute Gasteiger partial charge is 0.323 e. The molecule has 0 bridgehead atoms. The Balaban J connectivity index is 2.45. The van der Waals surface area contributed by atoms with Crippen molar-refractivity contribution < 1.29 is 19.5 Å². The maximum absolute atomic E-state index is 12.1. The van der Waals surface area contributed by atoms with E-state index in [0.717, 1.165) is 0 Å². The van der Waals surface area contributed by atoms with E-state index in [4.69, 9.17) is 5.11 Å². The van der Waals surface area contributed by atoms with Crippen LogP contribution in [0.3, 0.4) is 0 Å². The van der Waals surface area contributed by atoms with Crippen molar-refractivity contribution in [1.29, 1.82) is 0 Å². The molecular formula is C14H14N2O4. The van der Waals surface area contributed by atoms with Gasteiger partial charge in [-0.15, -0.1) is 0 Å². The minimum absolute atomic E-state index is 0.140. The molecule has 0 unspecified atom stereocenters. The van der Waals surface area contributed by atoms with Crippen LogP contribution in [0.1, 0.15) is 12.5 Å². The van der Waals surface area contributed by atoms with Crippen LogP contribution in [0, 0.1) is 0 Å². The number of carbonyl (C=O) groups is 3. The molecule has 0 saturated carbocycles. The summed E-state index contributed by atoms with van der Waals surface area (Å²) in [6, 6.07) is 8.91. The predicted molar refractivity (Wildman–Crippen MR) is 71.2 cm³/mol. The van der Waals surface area contributed by atoms with Crippen molar-refractivity contribution in [2.75, 3.05) is 13.1 Å². The lowest BCUT2D eigenvalue weighted by atomic mass is 10.1. The molecule has 0 radical (unpaired) electrons. The molecule has 1 aliphatic heterocycles. The Morgan fingerprint density at radius 1 is 1.25 bits per heavy atom.